The van der Waals surface area contributed by atoms with E-state index in [9.17, 15) is 4.21 Å². The highest BCUT2D eigenvalue weighted by Gasteiger charge is 2.03. The smallest absolute Gasteiger partial charge is 0.191 e. The Kier molecular flexibility index (Phi) is 9.29. The van der Waals surface area contributed by atoms with Crippen LogP contribution in [0.5, 0.6) is 5.75 Å². The van der Waals surface area contributed by atoms with E-state index in [0.717, 1.165) is 30.2 Å². The van der Waals surface area contributed by atoms with Gasteiger partial charge in [0.05, 0.1) is 6.61 Å². The van der Waals surface area contributed by atoms with Gasteiger partial charge in [0, 0.05) is 42.4 Å². The van der Waals surface area contributed by atoms with Crippen LogP contribution in [0.4, 0.5) is 0 Å². The molecule has 2 aromatic rings. The molecule has 2 N–H and O–H groups in total. The molecule has 6 heteroatoms. The zero-order valence-electron chi connectivity index (χ0n) is 15.2. The summed E-state index contributed by atoms with van der Waals surface area (Å²) < 4.78 is 17.8. The number of para-hydroxylation sites is 1. The summed E-state index contributed by atoms with van der Waals surface area (Å²) in [4.78, 5) is 4.18. The van der Waals surface area contributed by atoms with Crippen molar-refractivity contribution >= 4 is 16.8 Å². The zero-order valence-corrected chi connectivity index (χ0v) is 16.0. The van der Waals surface area contributed by atoms with Crippen LogP contribution in [-0.2, 0) is 16.6 Å². The summed E-state index contributed by atoms with van der Waals surface area (Å²) in [5, 5.41) is 6.44. The third-order valence-electron chi connectivity index (χ3n) is 3.64. The Morgan fingerprint density at radius 2 is 1.65 bits per heavy atom. The Hall–Kier alpha value is -2.34. The van der Waals surface area contributed by atoms with Gasteiger partial charge in [0.25, 0.3) is 0 Å². The molecule has 0 spiro atoms. The lowest BCUT2D eigenvalue weighted by atomic mass is 10.2. The number of hydrogen-bond acceptors (Lipinski definition) is 3. The SMILES string of the molecule is CN=C(NCCCOc1ccccc1)NCCS(=O)Cc1ccccc1. The first kappa shape index (κ1) is 20.0. The summed E-state index contributed by atoms with van der Waals surface area (Å²) in [7, 11) is 0.848. The van der Waals surface area contributed by atoms with Gasteiger partial charge in [-0.3, -0.25) is 9.20 Å². The summed E-state index contributed by atoms with van der Waals surface area (Å²) in [5.41, 5.74) is 1.10. The molecule has 1 unspecified atom stereocenters. The Morgan fingerprint density at radius 1 is 1.00 bits per heavy atom. The van der Waals surface area contributed by atoms with Crippen LogP contribution in [-0.4, -0.2) is 42.7 Å². The number of nitrogens with one attached hydrogen (secondary N) is 2. The van der Waals surface area contributed by atoms with Gasteiger partial charge in [0.2, 0.25) is 0 Å². The molecule has 0 saturated heterocycles. The number of rotatable bonds is 10. The molecule has 0 bridgehead atoms. The molecule has 2 aromatic carbocycles. The van der Waals surface area contributed by atoms with Crippen LogP contribution in [0.3, 0.4) is 0 Å². The van der Waals surface area contributed by atoms with Crippen molar-refractivity contribution < 1.29 is 8.95 Å². The molecule has 0 aliphatic carbocycles. The molecule has 0 aliphatic rings. The molecule has 0 aromatic heterocycles. The lowest BCUT2D eigenvalue weighted by Gasteiger charge is -2.12. The highest BCUT2D eigenvalue weighted by molar-refractivity contribution is 7.84. The lowest BCUT2D eigenvalue weighted by Crippen LogP contribution is -2.39. The quantitative estimate of drug-likeness (QED) is 0.382. The summed E-state index contributed by atoms with van der Waals surface area (Å²) in [6.45, 7) is 2.04. The van der Waals surface area contributed by atoms with Crippen molar-refractivity contribution in [2.24, 2.45) is 4.99 Å². The molecule has 0 amide bonds. The monoisotopic (exact) mass is 373 g/mol. The average molecular weight is 374 g/mol. The van der Waals surface area contributed by atoms with Crippen LogP contribution >= 0.6 is 0 Å². The summed E-state index contributed by atoms with van der Waals surface area (Å²) >= 11 is 0. The van der Waals surface area contributed by atoms with Crippen molar-refractivity contribution in [2.45, 2.75) is 12.2 Å². The van der Waals surface area contributed by atoms with E-state index in [0.29, 0.717) is 24.7 Å². The molecule has 26 heavy (non-hydrogen) atoms. The van der Waals surface area contributed by atoms with Gasteiger partial charge in [0.15, 0.2) is 5.96 Å². The third kappa shape index (κ3) is 8.16. The first-order valence-electron chi connectivity index (χ1n) is 8.79. The minimum Gasteiger partial charge on any atom is -0.494 e. The molecule has 5 nitrogen and oxygen atoms in total. The second-order valence-corrected chi connectivity index (χ2v) is 7.29. The Bertz CT molecular complexity index is 678. The van der Waals surface area contributed by atoms with Crippen LogP contribution in [0.15, 0.2) is 65.7 Å². The number of nitrogens with zero attached hydrogens (tertiary/aromatic N) is 1. The highest BCUT2D eigenvalue weighted by atomic mass is 32.2. The fourth-order valence-electron chi connectivity index (χ4n) is 2.32. The molecule has 0 saturated carbocycles. The van der Waals surface area contributed by atoms with E-state index in [4.69, 9.17) is 4.74 Å². The maximum absolute atomic E-state index is 12.1. The van der Waals surface area contributed by atoms with E-state index in [1.807, 2.05) is 60.7 Å². The van der Waals surface area contributed by atoms with E-state index < -0.39 is 10.8 Å². The van der Waals surface area contributed by atoms with E-state index >= 15 is 0 Å². The first-order chi connectivity index (χ1) is 12.8. The van der Waals surface area contributed by atoms with Gasteiger partial charge < -0.3 is 15.4 Å². The van der Waals surface area contributed by atoms with Crippen LogP contribution in [0, 0.1) is 0 Å². The zero-order chi connectivity index (χ0) is 18.5. The average Bonchev–Trinajstić information content (AvgIpc) is 2.68. The fourth-order valence-corrected chi connectivity index (χ4v) is 3.36. The molecular weight excluding hydrogens is 346 g/mol. The number of aliphatic imine (C=N–C) groups is 1. The van der Waals surface area contributed by atoms with Gasteiger partial charge in [-0.05, 0) is 24.1 Å². The van der Waals surface area contributed by atoms with Gasteiger partial charge in [-0.1, -0.05) is 48.5 Å². The maximum atomic E-state index is 12.1. The summed E-state index contributed by atoms with van der Waals surface area (Å²) in [5.74, 6) is 2.79. The first-order valence-corrected chi connectivity index (χ1v) is 10.3. The maximum Gasteiger partial charge on any atom is 0.191 e. The molecule has 0 aliphatic heterocycles. The molecular formula is C20H27N3O2S. The second kappa shape index (κ2) is 12.1. The summed E-state index contributed by atoms with van der Waals surface area (Å²) in [6, 6.07) is 19.7. The summed E-state index contributed by atoms with van der Waals surface area (Å²) in [6.07, 6.45) is 0.871. The Labute approximate surface area is 158 Å². The number of ether oxygens (including phenoxy) is 1. The molecule has 1 atom stereocenters. The number of benzene rings is 2. The van der Waals surface area contributed by atoms with Gasteiger partial charge in [-0.15, -0.1) is 0 Å². The molecule has 140 valence electrons. The normalized spacial score (nSPS) is 12.4. The molecule has 2 rings (SSSR count). The van der Waals surface area contributed by atoms with Crippen LogP contribution < -0.4 is 15.4 Å². The predicted octanol–water partition coefficient (Wildman–Crippen LogP) is 2.57. The van der Waals surface area contributed by atoms with E-state index in [1.165, 1.54) is 0 Å². The minimum atomic E-state index is -0.885. The van der Waals surface area contributed by atoms with E-state index in [2.05, 4.69) is 15.6 Å². The largest absolute Gasteiger partial charge is 0.494 e. The van der Waals surface area contributed by atoms with E-state index in [-0.39, 0.29) is 0 Å². The van der Waals surface area contributed by atoms with Crippen molar-refractivity contribution in [3.8, 4) is 5.75 Å². The second-order valence-electron chi connectivity index (χ2n) is 5.71. The molecule has 0 radical (unpaired) electrons. The Morgan fingerprint density at radius 3 is 2.35 bits per heavy atom. The van der Waals surface area contributed by atoms with Crippen molar-refractivity contribution in [1.29, 1.82) is 0 Å². The topological polar surface area (TPSA) is 62.7 Å². The number of hydrogen-bond donors (Lipinski definition) is 2. The van der Waals surface area contributed by atoms with Gasteiger partial charge in [0.1, 0.15) is 5.75 Å². The van der Waals surface area contributed by atoms with Crippen LogP contribution in [0.25, 0.3) is 0 Å². The van der Waals surface area contributed by atoms with Crippen LogP contribution in [0.2, 0.25) is 0 Å². The highest BCUT2D eigenvalue weighted by Crippen LogP contribution is 2.08. The van der Waals surface area contributed by atoms with Crippen molar-refractivity contribution in [1.82, 2.24) is 10.6 Å². The van der Waals surface area contributed by atoms with Crippen molar-refractivity contribution in [3.63, 3.8) is 0 Å². The van der Waals surface area contributed by atoms with Crippen molar-refractivity contribution in [3.05, 3.63) is 66.2 Å². The molecule has 0 fully saturated rings. The Balaban J connectivity index is 1.55. The van der Waals surface area contributed by atoms with Gasteiger partial charge in [-0.25, -0.2) is 0 Å². The van der Waals surface area contributed by atoms with Crippen molar-refractivity contribution in [2.75, 3.05) is 32.5 Å². The molecule has 0 heterocycles. The fraction of sp³-hybridized carbons (Fsp3) is 0.350. The third-order valence-corrected chi connectivity index (χ3v) is 4.96. The van der Waals surface area contributed by atoms with Gasteiger partial charge >= 0.3 is 0 Å². The number of guanidine groups is 1. The van der Waals surface area contributed by atoms with Gasteiger partial charge in [-0.2, -0.15) is 0 Å². The minimum absolute atomic E-state index is 0.589. The van der Waals surface area contributed by atoms with Crippen LogP contribution in [0.1, 0.15) is 12.0 Å². The van der Waals surface area contributed by atoms with E-state index in [1.54, 1.807) is 7.05 Å². The predicted molar refractivity (Wildman–Crippen MR) is 109 cm³/mol. The standard InChI is InChI=1S/C20H27N3O2S/c1-21-20(22-13-8-15-25-19-11-6-3-7-12-19)23-14-16-26(24)17-18-9-4-2-5-10-18/h2-7,9-12H,8,13-17H2,1H3,(H2,21,22,23). The lowest BCUT2D eigenvalue weighted by molar-refractivity contribution is 0.311.